The zero-order chi connectivity index (χ0) is 13.4. The van der Waals surface area contributed by atoms with E-state index in [1.807, 2.05) is 11.6 Å². The Labute approximate surface area is 109 Å². The van der Waals surface area contributed by atoms with Crippen LogP contribution in [0, 0.1) is 5.92 Å². The van der Waals surface area contributed by atoms with Crippen LogP contribution >= 0.6 is 0 Å². The zero-order valence-electron chi connectivity index (χ0n) is 11.9. The fraction of sp³-hybridized carbons (Fsp3) is 0.917. The summed E-state index contributed by atoms with van der Waals surface area (Å²) in [7, 11) is 0. The first-order chi connectivity index (χ1) is 8.65. The molecule has 0 saturated carbocycles. The van der Waals surface area contributed by atoms with Gasteiger partial charge in [-0.3, -0.25) is 0 Å². The first-order valence-corrected chi connectivity index (χ1v) is 6.72. The summed E-state index contributed by atoms with van der Waals surface area (Å²) in [4.78, 5) is 0. The van der Waals surface area contributed by atoms with E-state index in [-0.39, 0.29) is 6.04 Å². The Morgan fingerprint density at radius 3 is 2.78 bits per heavy atom. The van der Waals surface area contributed by atoms with Crippen molar-refractivity contribution in [3.8, 4) is 0 Å². The first kappa shape index (κ1) is 15.0. The molecule has 1 aromatic rings. The second kappa shape index (κ2) is 8.16. The number of nitrogens with zero attached hydrogens (tertiary/aromatic N) is 4. The second-order valence-corrected chi connectivity index (χ2v) is 4.83. The SMILES string of the molecule is CCOCCCn1nnnc1C(C)NCC(C)C. The van der Waals surface area contributed by atoms with Gasteiger partial charge in [0.1, 0.15) is 0 Å². The van der Waals surface area contributed by atoms with Crippen LogP contribution in [-0.4, -0.2) is 40.0 Å². The summed E-state index contributed by atoms with van der Waals surface area (Å²) in [6.45, 7) is 11.7. The number of rotatable bonds is 9. The lowest BCUT2D eigenvalue weighted by Gasteiger charge is -2.15. The monoisotopic (exact) mass is 255 g/mol. The van der Waals surface area contributed by atoms with E-state index in [0.717, 1.165) is 38.5 Å². The number of aromatic nitrogens is 4. The number of hydrogen-bond acceptors (Lipinski definition) is 5. The molecule has 18 heavy (non-hydrogen) atoms. The van der Waals surface area contributed by atoms with Gasteiger partial charge in [0.15, 0.2) is 5.82 Å². The van der Waals surface area contributed by atoms with Crippen molar-refractivity contribution in [1.82, 2.24) is 25.5 Å². The van der Waals surface area contributed by atoms with Crippen molar-refractivity contribution in [3.05, 3.63) is 5.82 Å². The van der Waals surface area contributed by atoms with E-state index in [4.69, 9.17) is 4.74 Å². The molecule has 0 bridgehead atoms. The Bertz CT molecular complexity index is 326. The summed E-state index contributed by atoms with van der Waals surface area (Å²) in [5.74, 6) is 1.52. The normalized spacial score (nSPS) is 13.2. The summed E-state index contributed by atoms with van der Waals surface area (Å²) < 4.78 is 7.17. The molecule has 0 radical (unpaired) electrons. The van der Waals surface area contributed by atoms with Gasteiger partial charge in [-0.2, -0.15) is 0 Å². The highest BCUT2D eigenvalue weighted by Gasteiger charge is 2.13. The molecule has 1 aromatic heterocycles. The van der Waals surface area contributed by atoms with Crippen LogP contribution in [0.5, 0.6) is 0 Å². The summed E-state index contributed by atoms with van der Waals surface area (Å²) in [5, 5.41) is 15.3. The Morgan fingerprint density at radius 1 is 1.33 bits per heavy atom. The molecule has 0 aromatic carbocycles. The molecule has 0 amide bonds. The van der Waals surface area contributed by atoms with Crippen molar-refractivity contribution in [2.45, 2.75) is 46.7 Å². The highest BCUT2D eigenvalue weighted by Crippen LogP contribution is 2.08. The van der Waals surface area contributed by atoms with Crippen LogP contribution in [-0.2, 0) is 11.3 Å². The third kappa shape index (κ3) is 5.10. The van der Waals surface area contributed by atoms with Gasteiger partial charge in [-0.15, -0.1) is 5.10 Å². The molecule has 6 nitrogen and oxygen atoms in total. The van der Waals surface area contributed by atoms with Gasteiger partial charge >= 0.3 is 0 Å². The smallest absolute Gasteiger partial charge is 0.167 e. The minimum Gasteiger partial charge on any atom is -0.382 e. The Morgan fingerprint density at radius 2 is 2.11 bits per heavy atom. The van der Waals surface area contributed by atoms with E-state index in [1.54, 1.807) is 0 Å². The molecule has 104 valence electrons. The molecule has 1 atom stereocenters. The molecule has 1 heterocycles. The van der Waals surface area contributed by atoms with Gasteiger partial charge in [0, 0.05) is 19.8 Å². The molecule has 6 heteroatoms. The molecule has 1 N–H and O–H groups in total. The lowest BCUT2D eigenvalue weighted by Crippen LogP contribution is -2.26. The van der Waals surface area contributed by atoms with E-state index in [0.29, 0.717) is 5.92 Å². The van der Waals surface area contributed by atoms with Crippen LogP contribution in [0.4, 0.5) is 0 Å². The van der Waals surface area contributed by atoms with Gasteiger partial charge < -0.3 is 10.1 Å². The average molecular weight is 255 g/mol. The topological polar surface area (TPSA) is 64.9 Å². The van der Waals surface area contributed by atoms with Crippen molar-refractivity contribution in [3.63, 3.8) is 0 Å². The van der Waals surface area contributed by atoms with Gasteiger partial charge in [-0.05, 0) is 43.2 Å². The predicted molar refractivity (Wildman–Crippen MR) is 70.2 cm³/mol. The largest absolute Gasteiger partial charge is 0.382 e. The first-order valence-electron chi connectivity index (χ1n) is 6.72. The van der Waals surface area contributed by atoms with E-state index >= 15 is 0 Å². The number of nitrogens with one attached hydrogen (secondary N) is 1. The minimum atomic E-state index is 0.175. The Hall–Kier alpha value is -1.01. The molecular weight excluding hydrogens is 230 g/mol. The number of aryl methyl sites for hydroxylation is 1. The number of ether oxygens (including phenoxy) is 1. The van der Waals surface area contributed by atoms with E-state index < -0.39 is 0 Å². The van der Waals surface area contributed by atoms with Crippen molar-refractivity contribution in [2.75, 3.05) is 19.8 Å². The fourth-order valence-corrected chi connectivity index (χ4v) is 1.65. The summed E-state index contributed by atoms with van der Waals surface area (Å²) in [6.07, 6.45) is 0.933. The quantitative estimate of drug-likeness (QED) is 0.676. The highest BCUT2D eigenvalue weighted by atomic mass is 16.5. The van der Waals surface area contributed by atoms with Gasteiger partial charge in [0.05, 0.1) is 6.04 Å². The Balaban J connectivity index is 2.42. The standard InChI is InChI=1S/C12H25N5O/c1-5-18-8-6-7-17-12(14-15-16-17)11(4)13-9-10(2)3/h10-11,13H,5-9H2,1-4H3. The summed E-state index contributed by atoms with van der Waals surface area (Å²) in [5.41, 5.74) is 0. The zero-order valence-corrected chi connectivity index (χ0v) is 11.9. The van der Waals surface area contributed by atoms with Gasteiger partial charge in [0.25, 0.3) is 0 Å². The van der Waals surface area contributed by atoms with Gasteiger partial charge in [-0.25, -0.2) is 4.68 Å². The molecule has 0 spiro atoms. The van der Waals surface area contributed by atoms with Crippen LogP contribution in [0.25, 0.3) is 0 Å². The predicted octanol–water partition coefficient (Wildman–Crippen LogP) is 1.41. The molecule has 0 saturated heterocycles. The van der Waals surface area contributed by atoms with Crippen LogP contribution in [0.2, 0.25) is 0 Å². The minimum absolute atomic E-state index is 0.175. The van der Waals surface area contributed by atoms with Crippen molar-refractivity contribution in [1.29, 1.82) is 0 Å². The molecular formula is C12H25N5O. The van der Waals surface area contributed by atoms with Crippen LogP contribution in [0.15, 0.2) is 0 Å². The van der Waals surface area contributed by atoms with Gasteiger partial charge in [-0.1, -0.05) is 13.8 Å². The van der Waals surface area contributed by atoms with E-state index in [1.165, 1.54) is 0 Å². The van der Waals surface area contributed by atoms with Crippen LogP contribution < -0.4 is 5.32 Å². The van der Waals surface area contributed by atoms with E-state index in [9.17, 15) is 0 Å². The van der Waals surface area contributed by atoms with Crippen molar-refractivity contribution < 1.29 is 4.74 Å². The third-order valence-corrected chi connectivity index (χ3v) is 2.64. The summed E-state index contributed by atoms with van der Waals surface area (Å²) in [6, 6.07) is 0.175. The average Bonchev–Trinajstić information content (AvgIpc) is 2.80. The van der Waals surface area contributed by atoms with Crippen LogP contribution in [0.3, 0.4) is 0 Å². The van der Waals surface area contributed by atoms with Crippen molar-refractivity contribution in [2.24, 2.45) is 5.92 Å². The van der Waals surface area contributed by atoms with Gasteiger partial charge in [0.2, 0.25) is 0 Å². The maximum Gasteiger partial charge on any atom is 0.167 e. The second-order valence-electron chi connectivity index (χ2n) is 4.83. The summed E-state index contributed by atoms with van der Waals surface area (Å²) >= 11 is 0. The third-order valence-electron chi connectivity index (χ3n) is 2.64. The molecule has 0 fully saturated rings. The maximum absolute atomic E-state index is 5.31. The number of hydrogen-bond donors (Lipinski definition) is 1. The molecule has 1 unspecified atom stereocenters. The van der Waals surface area contributed by atoms with E-state index in [2.05, 4.69) is 41.6 Å². The van der Waals surface area contributed by atoms with Crippen molar-refractivity contribution >= 4 is 0 Å². The highest BCUT2D eigenvalue weighted by molar-refractivity contribution is 4.89. The fourth-order valence-electron chi connectivity index (χ4n) is 1.65. The lowest BCUT2D eigenvalue weighted by atomic mass is 10.2. The molecule has 0 aliphatic rings. The Kier molecular flexibility index (Phi) is 6.82. The van der Waals surface area contributed by atoms with Crippen LogP contribution in [0.1, 0.15) is 46.0 Å². The molecule has 1 rings (SSSR count). The molecule has 0 aliphatic heterocycles. The number of tetrazole rings is 1. The lowest BCUT2D eigenvalue weighted by molar-refractivity contribution is 0.140. The molecule has 0 aliphatic carbocycles. The maximum atomic E-state index is 5.31.